The van der Waals surface area contributed by atoms with Crippen molar-refractivity contribution < 1.29 is 14.7 Å². The van der Waals surface area contributed by atoms with Crippen LogP contribution < -0.4 is 10.6 Å². The van der Waals surface area contributed by atoms with Crippen LogP contribution in [0.5, 0.6) is 5.75 Å². The Kier molecular flexibility index (Phi) is 3.70. The van der Waals surface area contributed by atoms with E-state index in [1.54, 1.807) is 31.4 Å². The van der Waals surface area contributed by atoms with Gasteiger partial charge >= 0.3 is 0 Å². The van der Waals surface area contributed by atoms with Crippen LogP contribution in [0.25, 0.3) is 0 Å². The zero-order chi connectivity index (χ0) is 9.68. The molecule has 13 heavy (non-hydrogen) atoms. The van der Waals surface area contributed by atoms with Gasteiger partial charge in [-0.1, -0.05) is 12.1 Å². The second-order valence-electron chi connectivity index (χ2n) is 2.62. The number of hydrogen-bond donors (Lipinski definition) is 2. The summed E-state index contributed by atoms with van der Waals surface area (Å²) < 4.78 is 4.97. The SMILES string of the molecule is COc1ccc(C(O)CON)cc1. The van der Waals surface area contributed by atoms with Crippen LogP contribution in [0, 0.1) is 0 Å². The molecule has 0 spiro atoms. The van der Waals surface area contributed by atoms with Crippen molar-refractivity contribution in [1.29, 1.82) is 0 Å². The zero-order valence-electron chi connectivity index (χ0n) is 7.43. The minimum absolute atomic E-state index is 0.0896. The molecule has 0 amide bonds. The lowest BCUT2D eigenvalue weighted by atomic mass is 10.1. The Morgan fingerprint density at radius 1 is 1.38 bits per heavy atom. The molecule has 0 bridgehead atoms. The molecule has 0 saturated carbocycles. The first-order chi connectivity index (χ1) is 6.27. The van der Waals surface area contributed by atoms with Crippen LogP contribution in [0.2, 0.25) is 0 Å². The summed E-state index contributed by atoms with van der Waals surface area (Å²) in [4.78, 5) is 4.33. The van der Waals surface area contributed by atoms with Gasteiger partial charge in [-0.25, -0.2) is 5.90 Å². The Morgan fingerprint density at radius 3 is 2.46 bits per heavy atom. The lowest BCUT2D eigenvalue weighted by Crippen LogP contribution is -2.10. The maximum absolute atomic E-state index is 9.44. The summed E-state index contributed by atoms with van der Waals surface area (Å²) in [7, 11) is 1.59. The van der Waals surface area contributed by atoms with E-state index in [9.17, 15) is 5.11 Å². The fourth-order valence-corrected chi connectivity index (χ4v) is 1.01. The van der Waals surface area contributed by atoms with Crippen LogP contribution in [0.4, 0.5) is 0 Å². The number of aliphatic hydroxyl groups excluding tert-OH is 1. The molecule has 0 radical (unpaired) electrons. The molecule has 1 rings (SSSR count). The molecule has 1 aromatic rings. The van der Waals surface area contributed by atoms with Gasteiger partial charge in [0.1, 0.15) is 11.9 Å². The highest BCUT2D eigenvalue weighted by atomic mass is 16.6. The van der Waals surface area contributed by atoms with Gasteiger partial charge in [-0.3, -0.25) is 0 Å². The Balaban J connectivity index is 2.67. The number of rotatable bonds is 4. The molecule has 1 aromatic carbocycles. The number of ether oxygens (including phenoxy) is 1. The Labute approximate surface area is 76.8 Å². The van der Waals surface area contributed by atoms with Gasteiger partial charge in [0.05, 0.1) is 13.7 Å². The van der Waals surface area contributed by atoms with E-state index in [1.165, 1.54) is 0 Å². The van der Waals surface area contributed by atoms with Crippen molar-refractivity contribution in [2.75, 3.05) is 13.7 Å². The van der Waals surface area contributed by atoms with Gasteiger partial charge in [0, 0.05) is 0 Å². The van der Waals surface area contributed by atoms with E-state index in [-0.39, 0.29) is 6.61 Å². The minimum atomic E-state index is -0.684. The number of nitrogens with two attached hydrogens (primary N) is 1. The maximum Gasteiger partial charge on any atom is 0.118 e. The standard InChI is InChI=1S/C9H13NO3/c1-12-8-4-2-7(3-5-8)9(11)6-13-10/h2-5,9,11H,6,10H2,1H3. The molecule has 1 atom stereocenters. The molecule has 0 aliphatic rings. The van der Waals surface area contributed by atoms with E-state index in [0.717, 1.165) is 11.3 Å². The Bertz CT molecular complexity index is 248. The van der Waals surface area contributed by atoms with Crippen molar-refractivity contribution >= 4 is 0 Å². The fourth-order valence-electron chi connectivity index (χ4n) is 1.01. The molecule has 0 aliphatic heterocycles. The first-order valence-electron chi connectivity index (χ1n) is 3.91. The third-order valence-corrected chi connectivity index (χ3v) is 1.75. The molecular weight excluding hydrogens is 170 g/mol. The molecule has 3 N–H and O–H groups in total. The van der Waals surface area contributed by atoms with Crippen LogP contribution in [0.1, 0.15) is 11.7 Å². The Hall–Kier alpha value is -1.10. The van der Waals surface area contributed by atoms with Gasteiger partial charge in [-0.2, -0.15) is 0 Å². The van der Waals surface area contributed by atoms with Crippen molar-refractivity contribution in [3.8, 4) is 5.75 Å². The number of benzene rings is 1. The van der Waals surface area contributed by atoms with Crippen molar-refractivity contribution in [2.24, 2.45) is 5.90 Å². The van der Waals surface area contributed by atoms with E-state index in [2.05, 4.69) is 4.84 Å². The van der Waals surface area contributed by atoms with Crippen LogP contribution in [-0.4, -0.2) is 18.8 Å². The summed E-state index contributed by atoms with van der Waals surface area (Å²) in [6.07, 6.45) is -0.684. The molecule has 72 valence electrons. The zero-order valence-corrected chi connectivity index (χ0v) is 7.43. The van der Waals surface area contributed by atoms with Gasteiger partial charge in [0.2, 0.25) is 0 Å². The van der Waals surface area contributed by atoms with Gasteiger partial charge < -0.3 is 14.7 Å². The second-order valence-corrected chi connectivity index (χ2v) is 2.62. The van der Waals surface area contributed by atoms with Crippen LogP contribution >= 0.6 is 0 Å². The average molecular weight is 183 g/mol. The smallest absolute Gasteiger partial charge is 0.118 e. The van der Waals surface area contributed by atoms with Crippen molar-refractivity contribution in [3.63, 3.8) is 0 Å². The molecule has 0 aliphatic carbocycles. The van der Waals surface area contributed by atoms with Gasteiger partial charge in [-0.15, -0.1) is 0 Å². The summed E-state index contributed by atoms with van der Waals surface area (Å²) in [6.45, 7) is 0.0896. The monoisotopic (exact) mass is 183 g/mol. The maximum atomic E-state index is 9.44. The Morgan fingerprint density at radius 2 is 2.00 bits per heavy atom. The predicted octanol–water partition coefficient (Wildman–Crippen LogP) is 0.619. The minimum Gasteiger partial charge on any atom is -0.497 e. The summed E-state index contributed by atoms with van der Waals surface area (Å²) in [6, 6.07) is 7.08. The van der Waals surface area contributed by atoms with E-state index in [1.807, 2.05) is 0 Å². The third-order valence-electron chi connectivity index (χ3n) is 1.75. The molecule has 0 saturated heterocycles. The van der Waals surface area contributed by atoms with E-state index < -0.39 is 6.10 Å². The summed E-state index contributed by atoms with van der Waals surface area (Å²) in [5.74, 6) is 5.59. The number of hydrogen-bond acceptors (Lipinski definition) is 4. The average Bonchev–Trinajstić information content (AvgIpc) is 2.18. The molecule has 4 heteroatoms. The normalized spacial score (nSPS) is 12.5. The van der Waals surface area contributed by atoms with Crippen molar-refractivity contribution in [2.45, 2.75) is 6.10 Å². The largest absolute Gasteiger partial charge is 0.497 e. The molecule has 4 nitrogen and oxygen atoms in total. The lowest BCUT2D eigenvalue weighted by Gasteiger charge is -2.09. The fraction of sp³-hybridized carbons (Fsp3) is 0.333. The highest BCUT2D eigenvalue weighted by Gasteiger charge is 2.06. The first kappa shape index (κ1) is 9.98. The predicted molar refractivity (Wildman–Crippen MR) is 48.1 cm³/mol. The lowest BCUT2D eigenvalue weighted by molar-refractivity contribution is 0.0359. The van der Waals surface area contributed by atoms with Gasteiger partial charge in [0.25, 0.3) is 0 Å². The molecule has 0 fully saturated rings. The molecule has 0 heterocycles. The molecule has 1 unspecified atom stereocenters. The van der Waals surface area contributed by atoms with E-state index in [4.69, 9.17) is 10.6 Å². The summed E-state index contributed by atoms with van der Waals surface area (Å²) in [5, 5.41) is 9.44. The van der Waals surface area contributed by atoms with Crippen LogP contribution in [0.15, 0.2) is 24.3 Å². The second kappa shape index (κ2) is 4.81. The van der Waals surface area contributed by atoms with E-state index >= 15 is 0 Å². The quantitative estimate of drug-likeness (QED) is 0.671. The summed E-state index contributed by atoms with van der Waals surface area (Å²) in [5.41, 5.74) is 0.756. The van der Waals surface area contributed by atoms with Crippen molar-refractivity contribution in [1.82, 2.24) is 0 Å². The molecular formula is C9H13NO3. The number of methoxy groups -OCH3 is 1. The molecule has 0 aromatic heterocycles. The number of aliphatic hydroxyl groups is 1. The van der Waals surface area contributed by atoms with E-state index in [0.29, 0.717) is 0 Å². The van der Waals surface area contributed by atoms with Crippen molar-refractivity contribution in [3.05, 3.63) is 29.8 Å². The van der Waals surface area contributed by atoms with Crippen LogP contribution in [-0.2, 0) is 4.84 Å². The first-order valence-corrected chi connectivity index (χ1v) is 3.91. The van der Waals surface area contributed by atoms with Crippen LogP contribution in [0.3, 0.4) is 0 Å². The highest BCUT2D eigenvalue weighted by Crippen LogP contribution is 2.17. The highest BCUT2D eigenvalue weighted by molar-refractivity contribution is 5.28. The summed E-state index contributed by atoms with van der Waals surface area (Å²) >= 11 is 0. The van der Waals surface area contributed by atoms with Gasteiger partial charge in [0.15, 0.2) is 0 Å². The third kappa shape index (κ3) is 2.69. The van der Waals surface area contributed by atoms with Gasteiger partial charge in [-0.05, 0) is 17.7 Å². The topological polar surface area (TPSA) is 64.7 Å².